The van der Waals surface area contributed by atoms with Crippen molar-refractivity contribution in [2.75, 3.05) is 50.6 Å². The Balaban J connectivity index is 0.932. The molecule has 21 heteroatoms. The van der Waals surface area contributed by atoms with Crippen molar-refractivity contribution in [3.05, 3.63) is 98.0 Å². The summed E-state index contributed by atoms with van der Waals surface area (Å²) < 4.78 is 35.8. The molecule has 5 bridgehead atoms. The van der Waals surface area contributed by atoms with Gasteiger partial charge in [0.1, 0.15) is 28.6 Å². The zero-order chi connectivity index (χ0) is 63.0. The van der Waals surface area contributed by atoms with E-state index in [1.807, 2.05) is 25.8 Å². The summed E-state index contributed by atoms with van der Waals surface area (Å²) in [4.78, 5) is 71.7. The molecule has 5 aliphatic heterocycles. The number of ether oxygens (including phenoxy) is 3. The molecule has 2 aromatic heterocycles. The molecule has 20 nitrogen and oxygen atoms in total. The van der Waals surface area contributed by atoms with Crippen molar-refractivity contribution in [2.45, 2.75) is 155 Å². The van der Waals surface area contributed by atoms with Crippen LogP contribution in [0.5, 0.6) is 23.0 Å². The Labute approximate surface area is 505 Å². The molecule has 4 aromatic rings. The number of hydrogen-bond acceptors (Lipinski definition) is 17. The van der Waals surface area contributed by atoms with E-state index in [0.29, 0.717) is 55.8 Å². The standard InChI is InChI=1S/C66H83FN6O14/c1-32-13-12-14-33(2)62(81)69-52-46(58(78)49-50(59(52)79)57(77)39(8)60-51(49)61(80)65(9,87-60)86-26-20-48(85-11)35(4)43(27-34(3)74)36(5)56(76)38(7)55(32)75)29-68-72-24-18-42(19-25-72)70(10)66(21-22-66)41-17-23-71(30-41)54-37(6)53-44(40-15-16-40)28-45(64(83)84)63(82)73(53)31-47(54)67/h12-14,20,26,28-29,31-32,35-36,38,40-43,48,55-56,75-79H,15-19,21-25,27,30H2,1-11H3,(H,69,81)(H,83,84)/b13-12+,26-20+,33-14-,68-29+/t32-,35-,36-,38+,41?,43+,48-,55-,56-,65-/m0/s1. The van der Waals surface area contributed by atoms with Crippen LogP contribution in [0, 0.1) is 55.2 Å². The number of nitrogens with one attached hydrogen (secondary N) is 1. The number of aryl methyl sites for hydroxylation is 1. The van der Waals surface area contributed by atoms with Crippen molar-refractivity contribution >= 4 is 57.3 Å². The molecular formula is C66H83FN6O14. The first-order valence-electron chi connectivity index (χ1n) is 30.4. The lowest BCUT2D eigenvalue weighted by Crippen LogP contribution is -2.50. The monoisotopic (exact) mass is 1200 g/mol. The van der Waals surface area contributed by atoms with E-state index in [2.05, 4.69) is 22.2 Å². The highest BCUT2D eigenvalue weighted by Crippen LogP contribution is 2.56. The molecule has 1 amide bonds. The highest BCUT2D eigenvalue weighted by atomic mass is 19.1. The van der Waals surface area contributed by atoms with Gasteiger partial charge in [0.2, 0.25) is 0 Å². The predicted octanol–water partition coefficient (Wildman–Crippen LogP) is 8.84. The number of pyridine rings is 2. The summed E-state index contributed by atoms with van der Waals surface area (Å²) in [6.45, 7) is 17.1. The molecule has 2 saturated heterocycles. The zero-order valence-corrected chi connectivity index (χ0v) is 51.5. The number of ketones is 2. The molecular weight excluding hydrogens is 1120 g/mol. The summed E-state index contributed by atoms with van der Waals surface area (Å²) in [7, 11) is 3.64. The van der Waals surface area contributed by atoms with Crippen LogP contribution in [0.15, 0.2) is 58.3 Å². The first-order valence-corrected chi connectivity index (χ1v) is 30.4. The third-order valence-corrected chi connectivity index (χ3v) is 20.3. The van der Waals surface area contributed by atoms with Crippen LogP contribution in [0.3, 0.4) is 0 Å². The minimum atomic E-state index is -2.08. The number of carbonyl (C=O) groups is 4. The van der Waals surface area contributed by atoms with Crippen LogP contribution in [0.1, 0.15) is 149 Å². The van der Waals surface area contributed by atoms with Crippen LogP contribution in [-0.4, -0.2) is 151 Å². The smallest absolute Gasteiger partial charge is 0.341 e. The lowest BCUT2D eigenvalue weighted by Gasteiger charge is -2.42. The fourth-order valence-corrected chi connectivity index (χ4v) is 14.6. The van der Waals surface area contributed by atoms with Gasteiger partial charge in [-0.2, -0.15) is 5.10 Å². The number of methoxy groups -OCH3 is 1. The van der Waals surface area contributed by atoms with Gasteiger partial charge in [0, 0.05) is 86.6 Å². The molecule has 0 spiro atoms. The average molecular weight is 1200 g/mol. The van der Waals surface area contributed by atoms with Gasteiger partial charge in [0.25, 0.3) is 17.2 Å². The normalized spacial score (nSPS) is 29.6. The first kappa shape index (κ1) is 62.7. The second kappa shape index (κ2) is 24.0. The van der Waals surface area contributed by atoms with Gasteiger partial charge in [-0.3, -0.25) is 28.7 Å². The van der Waals surface area contributed by atoms with Crippen molar-refractivity contribution < 1.29 is 68.4 Å². The predicted molar refractivity (Wildman–Crippen MR) is 327 cm³/mol. The van der Waals surface area contributed by atoms with E-state index < -0.39 is 100.0 Å². The number of phenols is 3. The second-order valence-corrected chi connectivity index (χ2v) is 25.8. The highest BCUT2D eigenvalue weighted by molar-refractivity contribution is 6.24. The molecule has 2 saturated carbocycles. The second-order valence-electron chi connectivity index (χ2n) is 25.8. The number of carboxylic acid groups (broad SMARTS) is 1. The zero-order valence-electron chi connectivity index (χ0n) is 51.5. The maximum atomic E-state index is 16.3. The van der Waals surface area contributed by atoms with Crippen LogP contribution in [0.4, 0.5) is 15.8 Å². The Bertz CT molecular complexity index is 3630. The van der Waals surface area contributed by atoms with Gasteiger partial charge in [-0.05, 0) is 133 Å². The molecule has 7 aliphatic rings. The molecule has 2 aliphatic carbocycles. The molecule has 11 rings (SSSR count). The average Bonchev–Trinajstić information content (AvgIpc) is 1.69. The summed E-state index contributed by atoms with van der Waals surface area (Å²) in [6.07, 6.45) is 13.3. The van der Waals surface area contributed by atoms with Crippen LogP contribution in [0.25, 0.3) is 16.3 Å². The van der Waals surface area contributed by atoms with E-state index in [0.717, 1.165) is 43.9 Å². The third kappa shape index (κ3) is 11.3. The number of aliphatic hydroxyl groups excluding tert-OH is 2. The van der Waals surface area contributed by atoms with E-state index in [9.17, 15) is 54.6 Å². The number of fused-ring (bicyclic) bond motifs is 15. The molecule has 7 heterocycles. The Hall–Kier alpha value is -7.33. The van der Waals surface area contributed by atoms with Crippen LogP contribution >= 0.6 is 0 Å². The third-order valence-electron chi connectivity index (χ3n) is 20.3. The quantitative estimate of drug-likeness (QED) is 0.0420. The van der Waals surface area contributed by atoms with Gasteiger partial charge < -0.3 is 59.9 Å². The number of anilines is 2. The van der Waals surface area contributed by atoms with E-state index in [1.54, 1.807) is 32.1 Å². The highest BCUT2D eigenvalue weighted by Gasteiger charge is 2.56. The number of phenolic OH excluding ortho intramolecular Hbond substituents is 3. The number of benzene rings is 2. The molecule has 0 radical (unpaired) electrons. The topological polar surface area (TPSA) is 273 Å². The van der Waals surface area contributed by atoms with Gasteiger partial charge in [0.05, 0.1) is 70.4 Å². The lowest BCUT2D eigenvalue weighted by atomic mass is 9.71. The number of allylic oxidation sites excluding steroid dienone is 2. The van der Waals surface area contributed by atoms with E-state index in [4.69, 9.17) is 19.3 Å². The van der Waals surface area contributed by atoms with Gasteiger partial charge in [-0.1, -0.05) is 45.9 Å². The molecule has 468 valence electrons. The van der Waals surface area contributed by atoms with Crippen molar-refractivity contribution in [3.63, 3.8) is 0 Å². The number of aliphatic hydroxyl groups is 2. The largest absolute Gasteiger partial charge is 0.507 e. The Morgan fingerprint density at radius 3 is 2.23 bits per heavy atom. The minimum absolute atomic E-state index is 0.0380. The number of piperidine rings is 1. The number of carboxylic acids is 1. The fourth-order valence-electron chi connectivity index (χ4n) is 14.6. The number of nitrogens with zero attached hydrogens (tertiary/aromatic N) is 5. The van der Waals surface area contributed by atoms with Crippen molar-refractivity contribution in [2.24, 2.45) is 40.6 Å². The number of rotatable bonds is 11. The van der Waals surface area contributed by atoms with Crippen molar-refractivity contribution in [1.29, 1.82) is 0 Å². The van der Waals surface area contributed by atoms with Crippen LogP contribution in [-0.2, 0) is 19.1 Å². The maximum absolute atomic E-state index is 16.3. The molecule has 7 N–H and O–H groups in total. The SMILES string of the molecule is CO[C@H]1/C=C/O[C@@]2(C)Oc3c(C)c(O)c4c(O)c(c(/C=N/N5CCC(N(C)C6(C7CCN(c8c(F)cn9c(=O)c(C(=O)O)cc(C%10CC%10)c9c8C)C7)CC6)CC5)c(O)c4c3C2=O)NC(=O)/C(C)=C\C=C\[C@H](C)[C@H](O)[C@@H](C)[C@@H](O)[C@@H](C)[C@H](CC(C)=O)[C@@H]1C. The molecule has 4 fully saturated rings. The van der Waals surface area contributed by atoms with Crippen LogP contribution in [0.2, 0.25) is 0 Å². The number of carbonyl (C=O) groups excluding carboxylic acids is 3. The minimum Gasteiger partial charge on any atom is -0.507 e. The van der Waals surface area contributed by atoms with Gasteiger partial charge in [-0.15, -0.1) is 0 Å². The number of halogens is 1. The van der Waals surface area contributed by atoms with Crippen molar-refractivity contribution in [3.8, 4) is 23.0 Å². The molecule has 2 aromatic carbocycles. The Morgan fingerprint density at radius 2 is 1.60 bits per heavy atom. The number of Topliss-reactive ketones (excluding diaryl/α,β-unsaturated/α-hetero) is 2. The fraction of sp³-hybridized carbons (Fsp3) is 0.545. The summed E-state index contributed by atoms with van der Waals surface area (Å²) in [5.74, 6) is -9.65. The van der Waals surface area contributed by atoms with Gasteiger partial charge in [0.15, 0.2) is 11.6 Å². The summed E-state index contributed by atoms with van der Waals surface area (Å²) >= 11 is 0. The number of aromatic nitrogens is 1. The van der Waals surface area contributed by atoms with Crippen LogP contribution < -0.4 is 20.5 Å². The summed E-state index contributed by atoms with van der Waals surface area (Å²) in [5, 5.41) is 78.7. The summed E-state index contributed by atoms with van der Waals surface area (Å²) in [6, 6.07) is 1.63. The summed E-state index contributed by atoms with van der Waals surface area (Å²) in [5.41, 5.74) is 0.689. The van der Waals surface area contributed by atoms with Gasteiger partial charge in [-0.25, -0.2) is 9.18 Å². The molecule has 87 heavy (non-hydrogen) atoms. The number of hydrazone groups is 1. The number of hydrogen-bond donors (Lipinski definition) is 7. The molecule has 1 unspecified atom stereocenters. The molecule has 10 atom stereocenters. The van der Waals surface area contributed by atoms with Gasteiger partial charge >= 0.3 is 11.8 Å². The first-order chi connectivity index (χ1) is 41.2. The van der Waals surface area contributed by atoms with E-state index >= 15 is 4.39 Å². The Morgan fingerprint density at radius 1 is 0.908 bits per heavy atom. The number of amides is 1. The maximum Gasteiger partial charge on any atom is 0.341 e. The van der Waals surface area contributed by atoms with E-state index in [-0.39, 0.29) is 85.7 Å². The van der Waals surface area contributed by atoms with Crippen molar-refractivity contribution in [1.82, 2.24) is 14.3 Å². The lowest BCUT2D eigenvalue weighted by molar-refractivity contribution is -0.120. The Kier molecular flexibility index (Phi) is 17.3. The number of aromatic carboxylic acids is 1. The van der Waals surface area contributed by atoms with E-state index in [1.165, 1.54) is 63.8 Å². The number of aromatic hydroxyl groups is 3.